The zero-order chi connectivity index (χ0) is 12.6. The van der Waals surface area contributed by atoms with Gasteiger partial charge in [0.2, 0.25) is 0 Å². The Bertz CT molecular complexity index is 470. The van der Waals surface area contributed by atoms with Crippen LogP contribution in [-0.2, 0) is 0 Å². The summed E-state index contributed by atoms with van der Waals surface area (Å²) in [4.78, 5) is 0. The first-order valence-electron chi connectivity index (χ1n) is 5.21. The number of thiol groups is 2. The van der Waals surface area contributed by atoms with Crippen LogP contribution in [0.2, 0.25) is 0 Å². The SMILES string of the molecule is COc1cc2c(cc1N(S)S)OC(C)(C)C=C2. The summed E-state index contributed by atoms with van der Waals surface area (Å²) in [5.41, 5.74) is 1.45. The number of methoxy groups -OCH3 is 1. The Labute approximate surface area is 112 Å². The lowest BCUT2D eigenvalue weighted by atomic mass is 10.0. The lowest BCUT2D eigenvalue weighted by Crippen LogP contribution is -2.27. The molecular formula is C12H15NO2S2. The van der Waals surface area contributed by atoms with Crippen LogP contribution in [0.15, 0.2) is 18.2 Å². The highest BCUT2D eigenvalue weighted by Crippen LogP contribution is 2.40. The van der Waals surface area contributed by atoms with E-state index in [-0.39, 0.29) is 5.60 Å². The lowest BCUT2D eigenvalue weighted by molar-refractivity contribution is 0.159. The molecule has 0 aliphatic carbocycles. The van der Waals surface area contributed by atoms with Gasteiger partial charge in [0.25, 0.3) is 0 Å². The third-order valence-electron chi connectivity index (χ3n) is 2.56. The molecule has 0 saturated heterocycles. The van der Waals surface area contributed by atoms with E-state index in [1.807, 2.05) is 38.1 Å². The van der Waals surface area contributed by atoms with Crippen LogP contribution in [0.1, 0.15) is 19.4 Å². The van der Waals surface area contributed by atoms with Gasteiger partial charge in [0.1, 0.15) is 22.8 Å². The molecule has 0 fully saturated rings. The van der Waals surface area contributed by atoms with Crippen molar-refractivity contribution in [1.82, 2.24) is 0 Å². The van der Waals surface area contributed by atoms with Gasteiger partial charge in [-0.25, -0.2) is 0 Å². The van der Waals surface area contributed by atoms with Crippen LogP contribution >= 0.6 is 25.6 Å². The van der Waals surface area contributed by atoms with Crippen molar-refractivity contribution in [3.8, 4) is 11.5 Å². The smallest absolute Gasteiger partial charge is 0.144 e. The molecule has 0 unspecified atom stereocenters. The molecule has 0 spiro atoms. The molecule has 0 bridgehead atoms. The molecule has 92 valence electrons. The van der Waals surface area contributed by atoms with Crippen LogP contribution in [0.5, 0.6) is 11.5 Å². The molecule has 17 heavy (non-hydrogen) atoms. The van der Waals surface area contributed by atoms with Crippen molar-refractivity contribution in [3.63, 3.8) is 0 Å². The minimum atomic E-state index is -0.295. The summed E-state index contributed by atoms with van der Waals surface area (Å²) in [5, 5.41) is 0. The summed E-state index contributed by atoms with van der Waals surface area (Å²) in [6, 6.07) is 3.79. The average molecular weight is 269 g/mol. The maximum Gasteiger partial charge on any atom is 0.144 e. The van der Waals surface area contributed by atoms with Crippen molar-refractivity contribution >= 4 is 37.4 Å². The Morgan fingerprint density at radius 1 is 1.29 bits per heavy atom. The second-order valence-corrected chi connectivity index (χ2v) is 5.51. The number of hydrogen-bond acceptors (Lipinski definition) is 5. The lowest BCUT2D eigenvalue weighted by Gasteiger charge is -2.29. The van der Waals surface area contributed by atoms with Crippen LogP contribution < -0.4 is 13.2 Å². The van der Waals surface area contributed by atoms with Crippen molar-refractivity contribution < 1.29 is 9.47 Å². The minimum Gasteiger partial charge on any atom is -0.494 e. The summed E-state index contributed by atoms with van der Waals surface area (Å²) < 4.78 is 12.6. The number of fused-ring (bicyclic) bond motifs is 1. The quantitative estimate of drug-likeness (QED) is 0.804. The molecule has 1 aliphatic heterocycles. The summed E-state index contributed by atoms with van der Waals surface area (Å²) in [5.74, 6) is 1.52. The summed E-state index contributed by atoms with van der Waals surface area (Å²) >= 11 is 8.33. The molecule has 2 rings (SSSR count). The van der Waals surface area contributed by atoms with Gasteiger partial charge in [-0.2, -0.15) is 0 Å². The van der Waals surface area contributed by atoms with Crippen molar-refractivity contribution in [2.24, 2.45) is 0 Å². The molecule has 3 nitrogen and oxygen atoms in total. The Hall–Kier alpha value is -0.940. The second-order valence-electron chi connectivity index (χ2n) is 4.39. The first kappa shape index (κ1) is 12.5. The van der Waals surface area contributed by atoms with Gasteiger partial charge in [-0.3, -0.25) is 3.71 Å². The largest absolute Gasteiger partial charge is 0.494 e. The zero-order valence-electron chi connectivity index (χ0n) is 9.97. The highest BCUT2D eigenvalue weighted by atomic mass is 32.2. The summed E-state index contributed by atoms with van der Waals surface area (Å²) in [6.07, 6.45) is 4.06. The molecule has 0 saturated carbocycles. The highest BCUT2D eigenvalue weighted by molar-refractivity contribution is 8.00. The van der Waals surface area contributed by atoms with Gasteiger partial charge in [-0.15, -0.1) is 0 Å². The van der Waals surface area contributed by atoms with Crippen molar-refractivity contribution in [2.75, 3.05) is 10.8 Å². The Balaban J connectivity index is 2.52. The predicted molar refractivity (Wildman–Crippen MR) is 77.2 cm³/mol. The monoisotopic (exact) mass is 269 g/mol. The maximum atomic E-state index is 5.87. The van der Waals surface area contributed by atoms with E-state index in [0.717, 1.165) is 17.0 Å². The molecule has 1 aliphatic rings. The van der Waals surface area contributed by atoms with Gasteiger partial charge >= 0.3 is 0 Å². The average Bonchev–Trinajstić information content (AvgIpc) is 2.26. The fourth-order valence-corrected chi connectivity index (χ4v) is 2.02. The van der Waals surface area contributed by atoms with E-state index in [4.69, 9.17) is 9.47 Å². The maximum absolute atomic E-state index is 5.87. The standard InChI is InChI=1S/C12H15NO2S2/c1-12(2)5-4-8-6-11(14-3)9(13(16)17)7-10(8)15-12/h4-7,16-17H,1-3H3. The molecule has 0 N–H and O–H groups in total. The number of rotatable bonds is 2. The van der Waals surface area contributed by atoms with Gasteiger partial charge in [-0.05, 0) is 26.0 Å². The van der Waals surface area contributed by atoms with Crippen LogP contribution in [0.4, 0.5) is 5.69 Å². The Morgan fingerprint density at radius 3 is 2.59 bits per heavy atom. The van der Waals surface area contributed by atoms with Crippen LogP contribution in [-0.4, -0.2) is 12.7 Å². The van der Waals surface area contributed by atoms with Gasteiger partial charge in [0.05, 0.1) is 7.11 Å². The number of benzene rings is 1. The topological polar surface area (TPSA) is 21.7 Å². The van der Waals surface area contributed by atoms with Crippen LogP contribution in [0.25, 0.3) is 6.08 Å². The second kappa shape index (κ2) is 4.38. The van der Waals surface area contributed by atoms with E-state index in [0.29, 0.717) is 5.75 Å². The molecule has 0 amide bonds. The molecule has 5 heteroatoms. The molecule has 1 aromatic carbocycles. The normalized spacial score (nSPS) is 16.1. The summed E-state index contributed by atoms with van der Waals surface area (Å²) in [7, 11) is 1.62. The zero-order valence-corrected chi connectivity index (χ0v) is 11.8. The number of hydrogen-bond donors (Lipinski definition) is 2. The third kappa shape index (κ3) is 2.50. The molecule has 1 heterocycles. The van der Waals surface area contributed by atoms with Gasteiger partial charge in [0, 0.05) is 11.6 Å². The highest BCUT2D eigenvalue weighted by Gasteiger charge is 2.23. The molecule has 0 atom stereocenters. The Morgan fingerprint density at radius 2 is 2.00 bits per heavy atom. The Kier molecular flexibility index (Phi) is 3.23. The van der Waals surface area contributed by atoms with Crippen molar-refractivity contribution in [3.05, 3.63) is 23.8 Å². The molecule has 0 aromatic heterocycles. The predicted octanol–water partition coefficient (Wildman–Crippen LogP) is 3.38. The van der Waals surface area contributed by atoms with E-state index >= 15 is 0 Å². The van der Waals surface area contributed by atoms with E-state index in [1.54, 1.807) is 7.11 Å². The number of ether oxygens (including phenoxy) is 2. The first-order valence-corrected chi connectivity index (χ1v) is 6.01. The summed E-state index contributed by atoms with van der Waals surface area (Å²) in [6.45, 7) is 4.02. The van der Waals surface area contributed by atoms with E-state index in [1.165, 1.54) is 3.71 Å². The van der Waals surface area contributed by atoms with E-state index in [9.17, 15) is 0 Å². The van der Waals surface area contributed by atoms with Gasteiger partial charge < -0.3 is 9.47 Å². The number of nitrogens with zero attached hydrogens (tertiary/aromatic N) is 1. The van der Waals surface area contributed by atoms with Crippen molar-refractivity contribution in [2.45, 2.75) is 19.4 Å². The van der Waals surface area contributed by atoms with E-state index < -0.39 is 0 Å². The fourth-order valence-electron chi connectivity index (χ4n) is 1.71. The van der Waals surface area contributed by atoms with Crippen LogP contribution in [0, 0.1) is 0 Å². The molecular weight excluding hydrogens is 254 g/mol. The number of anilines is 1. The van der Waals surface area contributed by atoms with E-state index in [2.05, 4.69) is 25.6 Å². The van der Waals surface area contributed by atoms with Crippen molar-refractivity contribution in [1.29, 1.82) is 0 Å². The minimum absolute atomic E-state index is 0.295. The third-order valence-corrected chi connectivity index (χ3v) is 2.99. The molecule has 1 aromatic rings. The first-order chi connectivity index (χ1) is 7.93. The van der Waals surface area contributed by atoms with Crippen LogP contribution in [0.3, 0.4) is 0 Å². The van der Waals surface area contributed by atoms with Gasteiger partial charge in [0.15, 0.2) is 0 Å². The molecule has 0 radical (unpaired) electrons. The van der Waals surface area contributed by atoms with Gasteiger partial charge in [-0.1, -0.05) is 31.7 Å². The fraction of sp³-hybridized carbons (Fsp3) is 0.333.